The molecule has 3 rings (SSSR count). The van der Waals surface area contributed by atoms with Crippen LogP contribution in [-0.2, 0) is 23.8 Å². The van der Waals surface area contributed by atoms with E-state index in [1.165, 1.54) is 6.42 Å². The summed E-state index contributed by atoms with van der Waals surface area (Å²) >= 11 is 0. The van der Waals surface area contributed by atoms with Crippen molar-refractivity contribution in [3.05, 3.63) is 0 Å². The lowest BCUT2D eigenvalue weighted by Gasteiger charge is -2.40. The average Bonchev–Trinajstić information content (AvgIpc) is 3.11. The molecule has 0 aromatic heterocycles. The van der Waals surface area contributed by atoms with Crippen LogP contribution < -0.4 is 0 Å². The molecule has 196 valence electrons. The van der Waals surface area contributed by atoms with Crippen molar-refractivity contribution in [3.8, 4) is 0 Å². The van der Waals surface area contributed by atoms with E-state index in [4.69, 9.17) is 19.3 Å². The maximum atomic E-state index is 11.4. The molecule has 0 aromatic carbocycles. The number of hydrogen-bond donors (Lipinski definition) is 5. The number of hydrogen-bond acceptors (Lipinski definition) is 9. The maximum Gasteiger partial charge on any atom is 0.317 e. The van der Waals surface area contributed by atoms with Crippen LogP contribution in [0.25, 0.3) is 0 Å². The monoisotopic (exact) mass is 488 g/mol. The fraction of sp³-hybridized carbons (Fsp3) is 0.917. The zero-order valence-corrected chi connectivity index (χ0v) is 20.3. The largest absolute Gasteiger partial charge is 0.481 e. The van der Waals surface area contributed by atoms with E-state index in [1.807, 2.05) is 6.92 Å². The normalized spacial score (nSPS) is 42.5. The molecule has 1 aliphatic heterocycles. The number of fused-ring (bicyclic) bond motifs is 2. The summed E-state index contributed by atoms with van der Waals surface area (Å²) in [4.78, 5) is 22.0. The van der Waals surface area contributed by atoms with Crippen molar-refractivity contribution in [2.24, 2.45) is 22.7 Å². The van der Waals surface area contributed by atoms with Gasteiger partial charge in [0.15, 0.2) is 6.29 Å². The molecule has 5 N–H and O–H groups in total. The van der Waals surface area contributed by atoms with Gasteiger partial charge in [-0.15, -0.1) is 0 Å². The van der Waals surface area contributed by atoms with E-state index in [-0.39, 0.29) is 29.5 Å². The molecule has 10 atom stereocenters. The molecule has 10 unspecified atom stereocenters. The van der Waals surface area contributed by atoms with Crippen molar-refractivity contribution in [2.45, 2.75) is 103 Å². The van der Waals surface area contributed by atoms with Crippen molar-refractivity contribution in [3.63, 3.8) is 0 Å². The minimum absolute atomic E-state index is 0.0165. The number of aliphatic hydroxyl groups is 4. The Hall–Kier alpha value is -1.30. The van der Waals surface area contributed by atoms with Gasteiger partial charge in [0, 0.05) is 0 Å². The number of carbonyl (C=O) groups is 2. The molecular weight excluding hydrogens is 448 g/mol. The Morgan fingerprint density at radius 1 is 1.12 bits per heavy atom. The van der Waals surface area contributed by atoms with Crippen molar-refractivity contribution in [1.29, 1.82) is 0 Å². The lowest BCUT2D eigenvalue weighted by atomic mass is 9.66. The summed E-state index contributed by atoms with van der Waals surface area (Å²) < 4.78 is 16.0. The summed E-state index contributed by atoms with van der Waals surface area (Å²) in [6, 6.07) is 0. The predicted molar refractivity (Wildman–Crippen MR) is 118 cm³/mol. The lowest BCUT2D eigenvalue weighted by molar-refractivity contribution is -0.303. The third kappa shape index (κ3) is 5.42. The van der Waals surface area contributed by atoms with E-state index in [9.17, 15) is 30.0 Å². The highest BCUT2D eigenvalue weighted by Crippen LogP contribution is 2.67. The summed E-state index contributed by atoms with van der Waals surface area (Å²) in [5.41, 5.74) is 0.124. The highest BCUT2D eigenvalue weighted by molar-refractivity contribution is 5.90. The molecule has 34 heavy (non-hydrogen) atoms. The SMILES string of the molecule is CC(CCCC1(C)C2CCC1(C)C(O)C2)COC1OC(COC(=O)CC(=O)O)C(O)C(O)C1O. The predicted octanol–water partition coefficient (Wildman–Crippen LogP) is 0.822. The number of aliphatic hydroxyl groups excluding tert-OH is 4. The van der Waals surface area contributed by atoms with Crippen molar-refractivity contribution in [1.82, 2.24) is 0 Å². The van der Waals surface area contributed by atoms with Gasteiger partial charge in [0.25, 0.3) is 0 Å². The Balaban J connectivity index is 1.44. The van der Waals surface area contributed by atoms with Crippen LogP contribution in [0.15, 0.2) is 0 Å². The Morgan fingerprint density at radius 2 is 1.82 bits per heavy atom. The van der Waals surface area contributed by atoms with Crippen LogP contribution in [0.2, 0.25) is 0 Å². The van der Waals surface area contributed by atoms with Crippen LogP contribution >= 0.6 is 0 Å². The third-order valence-electron chi connectivity index (χ3n) is 8.77. The van der Waals surface area contributed by atoms with Gasteiger partial charge < -0.3 is 39.7 Å². The van der Waals surface area contributed by atoms with Crippen LogP contribution in [0.4, 0.5) is 0 Å². The lowest BCUT2D eigenvalue weighted by Crippen LogP contribution is -2.59. The smallest absolute Gasteiger partial charge is 0.317 e. The van der Waals surface area contributed by atoms with Gasteiger partial charge in [-0.3, -0.25) is 9.59 Å². The minimum atomic E-state index is -1.57. The summed E-state index contributed by atoms with van der Waals surface area (Å²) in [5, 5.41) is 49.6. The number of esters is 1. The van der Waals surface area contributed by atoms with Crippen LogP contribution in [0.5, 0.6) is 0 Å². The van der Waals surface area contributed by atoms with Crippen LogP contribution in [0.1, 0.15) is 65.7 Å². The van der Waals surface area contributed by atoms with Gasteiger partial charge in [-0.05, 0) is 54.8 Å². The molecule has 10 heteroatoms. The van der Waals surface area contributed by atoms with E-state index < -0.39 is 55.7 Å². The molecule has 0 amide bonds. The molecule has 3 aliphatic rings. The average molecular weight is 489 g/mol. The standard InChI is InChI=1S/C24H40O10/c1-13(5-4-7-23(2)14-6-8-24(23,3)16(25)9-14)11-33-22-21(31)20(30)19(29)15(34-22)12-32-18(28)10-17(26)27/h13-16,19-22,25,29-31H,4-12H2,1-3H3,(H,26,27). The first-order chi connectivity index (χ1) is 15.9. The fourth-order valence-electron chi connectivity index (χ4n) is 6.19. The van der Waals surface area contributed by atoms with Gasteiger partial charge in [-0.25, -0.2) is 0 Å². The molecule has 2 bridgehead atoms. The van der Waals surface area contributed by atoms with Gasteiger partial charge in [-0.2, -0.15) is 0 Å². The highest BCUT2D eigenvalue weighted by atomic mass is 16.7. The van der Waals surface area contributed by atoms with Gasteiger partial charge in [0.2, 0.25) is 0 Å². The molecular formula is C24H40O10. The summed E-state index contributed by atoms with van der Waals surface area (Å²) in [7, 11) is 0. The Kier molecular flexibility index (Phi) is 8.63. The number of carboxylic acid groups (broad SMARTS) is 1. The number of carbonyl (C=O) groups excluding carboxylic acids is 1. The Morgan fingerprint density at radius 3 is 2.41 bits per heavy atom. The van der Waals surface area contributed by atoms with Gasteiger partial charge >= 0.3 is 11.9 Å². The molecule has 1 saturated heterocycles. The first kappa shape index (κ1) is 27.3. The van der Waals surface area contributed by atoms with Gasteiger partial charge in [0.1, 0.15) is 37.4 Å². The molecule has 3 fully saturated rings. The second-order valence-corrected chi connectivity index (χ2v) is 10.9. The van der Waals surface area contributed by atoms with E-state index in [0.29, 0.717) is 5.92 Å². The van der Waals surface area contributed by atoms with Crippen molar-refractivity contribution >= 4 is 11.9 Å². The zero-order valence-electron chi connectivity index (χ0n) is 20.3. The summed E-state index contributed by atoms with van der Waals surface area (Å²) in [6.07, 6.45) is -1.96. The molecule has 0 radical (unpaired) electrons. The highest BCUT2D eigenvalue weighted by Gasteiger charge is 2.62. The fourth-order valence-corrected chi connectivity index (χ4v) is 6.19. The number of ether oxygens (including phenoxy) is 3. The van der Waals surface area contributed by atoms with Crippen LogP contribution in [0, 0.1) is 22.7 Å². The summed E-state index contributed by atoms with van der Waals surface area (Å²) in [5.74, 6) is -1.63. The Labute approximate surface area is 200 Å². The molecule has 2 saturated carbocycles. The van der Waals surface area contributed by atoms with Crippen molar-refractivity contribution < 1.29 is 49.3 Å². The molecule has 0 aromatic rings. The molecule has 2 aliphatic carbocycles. The number of rotatable bonds is 11. The quantitative estimate of drug-likeness (QED) is 0.208. The van der Waals surface area contributed by atoms with E-state index >= 15 is 0 Å². The van der Waals surface area contributed by atoms with E-state index in [0.717, 1.165) is 32.1 Å². The first-order valence-electron chi connectivity index (χ1n) is 12.3. The first-order valence-corrected chi connectivity index (χ1v) is 12.3. The molecule has 1 heterocycles. The van der Waals surface area contributed by atoms with E-state index in [1.54, 1.807) is 0 Å². The van der Waals surface area contributed by atoms with Gasteiger partial charge in [0.05, 0.1) is 12.7 Å². The van der Waals surface area contributed by atoms with Crippen LogP contribution in [-0.4, -0.2) is 87.5 Å². The molecule has 10 nitrogen and oxygen atoms in total. The summed E-state index contributed by atoms with van der Waals surface area (Å²) in [6.45, 7) is 6.33. The third-order valence-corrected chi connectivity index (χ3v) is 8.77. The topological polar surface area (TPSA) is 163 Å². The van der Waals surface area contributed by atoms with Crippen LogP contribution in [0.3, 0.4) is 0 Å². The van der Waals surface area contributed by atoms with Gasteiger partial charge in [-0.1, -0.05) is 27.2 Å². The van der Waals surface area contributed by atoms with Crippen molar-refractivity contribution in [2.75, 3.05) is 13.2 Å². The number of carboxylic acids is 1. The minimum Gasteiger partial charge on any atom is -0.481 e. The zero-order chi connectivity index (χ0) is 25.3. The second-order valence-electron chi connectivity index (χ2n) is 10.9. The second kappa shape index (κ2) is 10.8. The Bertz CT molecular complexity index is 731. The van der Waals surface area contributed by atoms with E-state index in [2.05, 4.69) is 13.8 Å². The number of aliphatic carboxylic acids is 1. The molecule has 0 spiro atoms. The maximum absolute atomic E-state index is 11.4.